The van der Waals surface area contributed by atoms with Crippen molar-refractivity contribution in [3.8, 4) is 16.8 Å². The average molecular weight is 444 g/mol. The standard InChI is InChI=1S/C20H21N5OS3/c1-2-9-25-18(16-8-5-10-27-16)23-24-20(25)28-12-17(26)22-19-14(11-21)13-6-3-4-7-15(13)29-19/h5,8,10H,2-4,6-7,9,12H2,1H3,(H,22,26). The Morgan fingerprint density at radius 2 is 2.24 bits per heavy atom. The van der Waals surface area contributed by atoms with Crippen molar-refractivity contribution in [2.24, 2.45) is 0 Å². The Morgan fingerprint density at radius 1 is 1.38 bits per heavy atom. The molecule has 0 unspecified atom stereocenters. The number of thioether (sulfide) groups is 1. The van der Waals surface area contributed by atoms with Crippen LogP contribution in [0.5, 0.6) is 0 Å². The lowest BCUT2D eigenvalue weighted by atomic mass is 9.96. The normalized spacial score (nSPS) is 13.1. The van der Waals surface area contributed by atoms with Gasteiger partial charge in [0.2, 0.25) is 5.91 Å². The molecular formula is C20H21N5OS3. The van der Waals surface area contributed by atoms with Crippen LogP contribution in [-0.2, 0) is 24.2 Å². The maximum absolute atomic E-state index is 12.6. The molecule has 0 spiro atoms. The van der Waals surface area contributed by atoms with Gasteiger partial charge in [-0.3, -0.25) is 4.79 Å². The number of hydrogen-bond acceptors (Lipinski definition) is 7. The van der Waals surface area contributed by atoms with E-state index in [0.717, 1.165) is 60.1 Å². The van der Waals surface area contributed by atoms with E-state index in [9.17, 15) is 10.1 Å². The fourth-order valence-corrected chi connectivity index (χ4v) is 6.21. The van der Waals surface area contributed by atoms with E-state index in [2.05, 4.69) is 33.1 Å². The van der Waals surface area contributed by atoms with E-state index in [4.69, 9.17) is 0 Å². The predicted molar refractivity (Wildman–Crippen MR) is 119 cm³/mol. The lowest BCUT2D eigenvalue weighted by Gasteiger charge is -2.09. The molecule has 150 valence electrons. The van der Waals surface area contributed by atoms with Crippen molar-refractivity contribution in [1.29, 1.82) is 5.26 Å². The maximum Gasteiger partial charge on any atom is 0.235 e. The number of carbonyl (C=O) groups is 1. The van der Waals surface area contributed by atoms with Crippen LogP contribution in [0.3, 0.4) is 0 Å². The summed E-state index contributed by atoms with van der Waals surface area (Å²) in [5.41, 5.74) is 1.78. The highest BCUT2D eigenvalue weighted by Crippen LogP contribution is 2.37. The highest BCUT2D eigenvalue weighted by atomic mass is 32.2. The highest BCUT2D eigenvalue weighted by Gasteiger charge is 2.22. The summed E-state index contributed by atoms with van der Waals surface area (Å²) < 4.78 is 2.08. The monoisotopic (exact) mass is 443 g/mol. The van der Waals surface area contributed by atoms with E-state index >= 15 is 0 Å². The Labute approximate surface area is 182 Å². The molecule has 0 saturated carbocycles. The van der Waals surface area contributed by atoms with E-state index in [0.29, 0.717) is 10.6 Å². The van der Waals surface area contributed by atoms with Crippen molar-refractivity contribution in [2.45, 2.75) is 50.7 Å². The predicted octanol–water partition coefficient (Wildman–Crippen LogP) is 4.96. The number of amides is 1. The van der Waals surface area contributed by atoms with Crippen LogP contribution in [-0.4, -0.2) is 26.4 Å². The number of nitrogens with zero attached hydrogens (tertiary/aromatic N) is 4. The molecule has 29 heavy (non-hydrogen) atoms. The van der Waals surface area contributed by atoms with Gasteiger partial charge in [-0.15, -0.1) is 32.9 Å². The minimum Gasteiger partial charge on any atom is -0.316 e. The molecule has 9 heteroatoms. The van der Waals surface area contributed by atoms with Crippen LogP contribution in [0.4, 0.5) is 5.00 Å². The SMILES string of the molecule is CCCn1c(SCC(=O)Nc2sc3c(c2C#N)CCCC3)nnc1-c1cccs1. The molecule has 0 aliphatic heterocycles. The minimum atomic E-state index is -0.117. The number of fused-ring (bicyclic) bond motifs is 1. The van der Waals surface area contributed by atoms with Gasteiger partial charge < -0.3 is 9.88 Å². The van der Waals surface area contributed by atoms with E-state index in [-0.39, 0.29) is 11.7 Å². The van der Waals surface area contributed by atoms with E-state index in [1.54, 1.807) is 22.7 Å². The fraction of sp³-hybridized carbons (Fsp3) is 0.400. The molecule has 3 aromatic rings. The van der Waals surface area contributed by atoms with Gasteiger partial charge in [-0.25, -0.2) is 0 Å². The lowest BCUT2D eigenvalue weighted by molar-refractivity contribution is -0.113. The van der Waals surface area contributed by atoms with Crippen molar-refractivity contribution < 1.29 is 4.79 Å². The quantitative estimate of drug-likeness (QED) is 0.522. The molecular weight excluding hydrogens is 422 g/mol. The molecule has 3 heterocycles. The number of carbonyl (C=O) groups excluding carboxylic acids is 1. The second-order valence-electron chi connectivity index (χ2n) is 6.80. The van der Waals surface area contributed by atoms with Crippen LogP contribution in [0.2, 0.25) is 0 Å². The Balaban J connectivity index is 1.46. The van der Waals surface area contributed by atoms with Gasteiger partial charge in [0, 0.05) is 11.4 Å². The first-order valence-electron chi connectivity index (χ1n) is 9.65. The smallest absolute Gasteiger partial charge is 0.235 e. The van der Waals surface area contributed by atoms with Crippen LogP contribution < -0.4 is 5.32 Å². The molecule has 4 rings (SSSR count). The zero-order chi connectivity index (χ0) is 20.2. The number of hydrogen-bond donors (Lipinski definition) is 1. The van der Waals surface area contributed by atoms with E-state index in [1.165, 1.54) is 16.6 Å². The summed E-state index contributed by atoms with van der Waals surface area (Å²) in [6.07, 6.45) is 5.17. The summed E-state index contributed by atoms with van der Waals surface area (Å²) in [5, 5.41) is 24.6. The molecule has 1 aliphatic rings. The van der Waals surface area contributed by atoms with Gasteiger partial charge in [0.05, 0.1) is 16.2 Å². The van der Waals surface area contributed by atoms with Gasteiger partial charge >= 0.3 is 0 Å². The Bertz CT molecular complexity index is 1050. The average Bonchev–Trinajstić information content (AvgIpc) is 3.45. The molecule has 0 aromatic carbocycles. The number of thiophene rings is 2. The number of nitrogens with one attached hydrogen (secondary N) is 1. The van der Waals surface area contributed by atoms with Gasteiger partial charge in [0.25, 0.3) is 0 Å². The second kappa shape index (κ2) is 9.11. The van der Waals surface area contributed by atoms with Crippen LogP contribution in [0.15, 0.2) is 22.7 Å². The van der Waals surface area contributed by atoms with E-state index in [1.807, 2.05) is 17.5 Å². The Morgan fingerprint density at radius 3 is 3.00 bits per heavy atom. The number of aromatic nitrogens is 3. The summed E-state index contributed by atoms with van der Waals surface area (Å²) in [4.78, 5) is 14.9. The molecule has 3 aromatic heterocycles. The zero-order valence-corrected chi connectivity index (χ0v) is 18.6. The van der Waals surface area contributed by atoms with Crippen LogP contribution in [0.1, 0.15) is 42.2 Å². The van der Waals surface area contributed by atoms with Crippen LogP contribution >= 0.6 is 34.4 Å². The molecule has 0 bridgehead atoms. The molecule has 0 fully saturated rings. The third-order valence-corrected chi connectivity index (χ3v) is 7.81. The first-order valence-corrected chi connectivity index (χ1v) is 12.3. The minimum absolute atomic E-state index is 0.117. The fourth-order valence-electron chi connectivity index (χ4n) is 3.47. The molecule has 0 atom stereocenters. The molecule has 6 nitrogen and oxygen atoms in total. The summed E-state index contributed by atoms with van der Waals surface area (Å²) in [6.45, 7) is 2.92. The number of aryl methyl sites for hydroxylation is 1. The van der Waals surface area contributed by atoms with Gasteiger partial charge in [-0.05, 0) is 49.1 Å². The first kappa shape index (κ1) is 20.1. The van der Waals surface area contributed by atoms with Gasteiger partial charge in [-0.1, -0.05) is 24.8 Å². The second-order valence-corrected chi connectivity index (χ2v) is 9.79. The maximum atomic E-state index is 12.6. The van der Waals surface area contributed by atoms with E-state index < -0.39 is 0 Å². The third kappa shape index (κ3) is 4.25. The summed E-state index contributed by atoms with van der Waals surface area (Å²) in [6, 6.07) is 6.32. The van der Waals surface area contributed by atoms with Gasteiger partial charge in [0.15, 0.2) is 11.0 Å². The molecule has 1 amide bonds. The largest absolute Gasteiger partial charge is 0.316 e. The van der Waals surface area contributed by atoms with Crippen molar-refractivity contribution in [3.63, 3.8) is 0 Å². The molecule has 0 radical (unpaired) electrons. The molecule has 0 saturated heterocycles. The number of anilines is 1. The number of nitriles is 1. The van der Waals surface area contributed by atoms with Gasteiger partial charge in [-0.2, -0.15) is 5.26 Å². The van der Waals surface area contributed by atoms with Crippen LogP contribution in [0, 0.1) is 11.3 Å². The van der Waals surface area contributed by atoms with Crippen LogP contribution in [0.25, 0.3) is 10.7 Å². The molecule has 1 aliphatic carbocycles. The summed E-state index contributed by atoms with van der Waals surface area (Å²) in [5.74, 6) is 0.968. The Kier molecular flexibility index (Phi) is 6.33. The van der Waals surface area contributed by atoms with Crippen molar-refractivity contribution in [1.82, 2.24) is 14.8 Å². The van der Waals surface area contributed by atoms with Crippen molar-refractivity contribution >= 4 is 45.3 Å². The van der Waals surface area contributed by atoms with Crippen molar-refractivity contribution in [2.75, 3.05) is 11.1 Å². The summed E-state index contributed by atoms with van der Waals surface area (Å²) in [7, 11) is 0. The highest BCUT2D eigenvalue weighted by molar-refractivity contribution is 7.99. The topological polar surface area (TPSA) is 83.6 Å². The zero-order valence-electron chi connectivity index (χ0n) is 16.1. The summed E-state index contributed by atoms with van der Waals surface area (Å²) >= 11 is 4.57. The van der Waals surface area contributed by atoms with Crippen molar-refractivity contribution in [3.05, 3.63) is 33.5 Å². The van der Waals surface area contributed by atoms with Gasteiger partial charge in [0.1, 0.15) is 11.1 Å². The first-order chi connectivity index (χ1) is 14.2. The third-order valence-electron chi connectivity index (χ3n) is 4.77. The number of rotatable bonds is 7. The Hall–Kier alpha value is -2.15. The molecule has 1 N–H and O–H groups in total. The lowest BCUT2D eigenvalue weighted by Crippen LogP contribution is -2.14.